The van der Waals surface area contributed by atoms with E-state index in [4.69, 9.17) is 0 Å². The Morgan fingerprint density at radius 1 is 1.03 bits per heavy atom. The Bertz CT molecular complexity index is 1070. The molecule has 0 atom stereocenters. The van der Waals surface area contributed by atoms with E-state index in [-0.39, 0.29) is 18.4 Å². The molecule has 2 aromatic carbocycles. The molecule has 7 nitrogen and oxygen atoms in total. The van der Waals surface area contributed by atoms with Crippen LogP contribution in [0, 0.1) is 6.92 Å². The number of fused-ring (bicyclic) bond motifs is 1. The van der Waals surface area contributed by atoms with Crippen LogP contribution in [-0.2, 0) is 17.8 Å². The van der Waals surface area contributed by atoms with Gasteiger partial charge in [-0.1, -0.05) is 36.2 Å². The maximum Gasteiger partial charge on any atom is 0.251 e. The molecular weight excluding hydrogens is 378 g/mol. The van der Waals surface area contributed by atoms with E-state index >= 15 is 0 Å². The van der Waals surface area contributed by atoms with Crippen molar-refractivity contribution < 1.29 is 9.59 Å². The van der Waals surface area contributed by atoms with Crippen LogP contribution in [-0.4, -0.2) is 33.1 Å². The molecule has 0 fully saturated rings. The zero-order valence-electron chi connectivity index (χ0n) is 17.0. The molecule has 0 spiro atoms. The van der Waals surface area contributed by atoms with E-state index in [1.54, 1.807) is 12.1 Å². The van der Waals surface area contributed by atoms with Gasteiger partial charge < -0.3 is 15.2 Å². The number of hydrogen-bond acceptors (Lipinski definition) is 4. The molecule has 0 saturated carbocycles. The average molecular weight is 403 g/mol. The van der Waals surface area contributed by atoms with Gasteiger partial charge in [0.15, 0.2) is 5.82 Å². The van der Waals surface area contributed by atoms with Crippen LogP contribution in [0.15, 0.2) is 48.5 Å². The zero-order chi connectivity index (χ0) is 20.9. The first-order chi connectivity index (χ1) is 14.6. The molecule has 0 aliphatic carbocycles. The van der Waals surface area contributed by atoms with E-state index in [1.807, 2.05) is 43.3 Å². The van der Waals surface area contributed by atoms with Crippen LogP contribution in [0.5, 0.6) is 0 Å². The third-order valence-corrected chi connectivity index (χ3v) is 5.20. The normalized spacial score (nSPS) is 13.2. The third kappa shape index (κ3) is 4.56. The van der Waals surface area contributed by atoms with Gasteiger partial charge in [-0.2, -0.15) is 0 Å². The standard InChI is InChI=1S/C23H25N5O2/c1-16-7-5-9-18(13-16)23(30)24-15-21(29)25-19-10-6-8-17(14-19)22-27-26-20-11-3-2-4-12-28(20)22/h5-10,13-14H,2-4,11-12,15H2,1H3,(H,24,30)(H,25,29). The molecule has 2 amide bonds. The highest BCUT2D eigenvalue weighted by Gasteiger charge is 2.16. The molecule has 7 heteroatoms. The molecule has 30 heavy (non-hydrogen) atoms. The molecule has 3 aromatic rings. The summed E-state index contributed by atoms with van der Waals surface area (Å²) < 4.78 is 2.18. The maximum atomic E-state index is 12.3. The van der Waals surface area contributed by atoms with Gasteiger partial charge in [-0.3, -0.25) is 9.59 Å². The van der Waals surface area contributed by atoms with Gasteiger partial charge in [-0.25, -0.2) is 0 Å². The molecule has 1 aliphatic rings. The summed E-state index contributed by atoms with van der Waals surface area (Å²) in [4.78, 5) is 24.6. The monoisotopic (exact) mass is 403 g/mol. The fraction of sp³-hybridized carbons (Fsp3) is 0.304. The van der Waals surface area contributed by atoms with Crippen LogP contribution in [0.3, 0.4) is 0 Å². The highest BCUT2D eigenvalue weighted by atomic mass is 16.2. The second-order valence-electron chi connectivity index (χ2n) is 7.58. The Hall–Kier alpha value is -3.48. The van der Waals surface area contributed by atoms with E-state index in [9.17, 15) is 9.59 Å². The smallest absolute Gasteiger partial charge is 0.251 e. The Morgan fingerprint density at radius 3 is 2.77 bits per heavy atom. The number of anilines is 1. The first-order valence-electron chi connectivity index (χ1n) is 10.3. The topological polar surface area (TPSA) is 88.9 Å². The van der Waals surface area contributed by atoms with Crippen LogP contribution in [0.1, 0.15) is 41.0 Å². The van der Waals surface area contributed by atoms with Gasteiger partial charge >= 0.3 is 0 Å². The molecular formula is C23H25N5O2. The molecule has 0 unspecified atom stereocenters. The molecule has 2 heterocycles. The molecule has 4 rings (SSSR count). The summed E-state index contributed by atoms with van der Waals surface area (Å²) in [5.41, 5.74) is 3.11. The van der Waals surface area contributed by atoms with Crippen LogP contribution >= 0.6 is 0 Å². The summed E-state index contributed by atoms with van der Waals surface area (Å²) in [7, 11) is 0. The molecule has 2 N–H and O–H groups in total. The lowest BCUT2D eigenvalue weighted by Gasteiger charge is -2.10. The van der Waals surface area contributed by atoms with Gasteiger partial charge in [0.05, 0.1) is 6.54 Å². The molecule has 0 radical (unpaired) electrons. The van der Waals surface area contributed by atoms with Crippen LogP contribution < -0.4 is 10.6 Å². The summed E-state index contributed by atoms with van der Waals surface area (Å²) in [6.07, 6.45) is 4.41. The lowest BCUT2D eigenvalue weighted by molar-refractivity contribution is -0.115. The second kappa shape index (κ2) is 8.90. The van der Waals surface area contributed by atoms with Crippen molar-refractivity contribution in [2.45, 2.75) is 39.2 Å². The minimum absolute atomic E-state index is 0.0999. The lowest BCUT2D eigenvalue weighted by Crippen LogP contribution is -2.32. The maximum absolute atomic E-state index is 12.3. The first-order valence-corrected chi connectivity index (χ1v) is 10.3. The Labute approximate surface area is 175 Å². The van der Waals surface area contributed by atoms with Crippen molar-refractivity contribution in [2.24, 2.45) is 0 Å². The van der Waals surface area contributed by atoms with Crippen molar-refractivity contribution in [3.63, 3.8) is 0 Å². The van der Waals surface area contributed by atoms with Gasteiger partial charge in [-0.15, -0.1) is 10.2 Å². The second-order valence-corrected chi connectivity index (χ2v) is 7.58. The van der Waals surface area contributed by atoms with Crippen LogP contribution in [0.2, 0.25) is 0 Å². The molecule has 0 saturated heterocycles. The number of aryl methyl sites for hydroxylation is 2. The van der Waals surface area contributed by atoms with Crippen molar-refractivity contribution >= 4 is 17.5 Å². The highest BCUT2D eigenvalue weighted by Crippen LogP contribution is 2.24. The van der Waals surface area contributed by atoms with Crippen molar-refractivity contribution in [3.8, 4) is 11.4 Å². The van der Waals surface area contributed by atoms with Gasteiger partial charge in [0, 0.05) is 29.8 Å². The van der Waals surface area contributed by atoms with Gasteiger partial charge in [0.2, 0.25) is 5.91 Å². The van der Waals surface area contributed by atoms with E-state index in [0.29, 0.717) is 11.3 Å². The Balaban J connectivity index is 1.40. The lowest BCUT2D eigenvalue weighted by atomic mass is 10.1. The van der Waals surface area contributed by atoms with Crippen molar-refractivity contribution in [2.75, 3.05) is 11.9 Å². The number of amides is 2. The summed E-state index contributed by atoms with van der Waals surface area (Å²) in [5, 5.41) is 14.2. The van der Waals surface area contributed by atoms with Crippen molar-refractivity contribution in [3.05, 3.63) is 65.5 Å². The van der Waals surface area contributed by atoms with E-state index in [1.165, 1.54) is 6.42 Å². The number of carbonyl (C=O) groups excluding carboxylic acids is 2. The Kier molecular flexibility index (Phi) is 5.88. The fourth-order valence-electron chi connectivity index (χ4n) is 3.69. The molecule has 0 bridgehead atoms. The van der Waals surface area contributed by atoms with Crippen molar-refractivity contribution in [1.82, 2.24) is 20.1 Å². The van der Waals surface area contributed by atoms with E-state index in [2.05, 4.69) is 25.4 Å². The Morgan fingerprint density at radius 2 is 1.90 bits per heavy atom. The molecule has 1 aliphatic heterocycles. The summed E-state index contributed by atoms with van der Waals surface area (Å²) >= 11 is 0. The van der Waals surface area contributed by atoms with Gasteiger partial charge in [0.1, 0.15) is 5.82 Å². The van der Waals surface area contributed by atoms with Crippen LogP contribution in [0.4, 0.5) is 5.69 Å². The van der Waals surface area contributed by atoms with Gasteiger partial charge in [0.25, 0.3) is 5.91 Å². The SMILES string of the molecule is Cc1cccc(C(=O)NCC(=O)Nc2cccc(-c3nnc4n3CCCCC4)c2)c1. The molecule has 154 valence electrons. The van der Waals surface area contributed by atoms with Gasteiger partial charge in [-0.05, 0) is 44.0 Å². The average Bonchev–Trinajstić information content (AvgIpc) is 3.00. The van der Waals surface area contributed by atoms with Crippen LogP contribution in [0.25, 0.3) is 11.4 Å². The molecule has 1 aromatic heterocycles. The predicted molar refractivity (Wildman–Crippen MR) is 115 cm³/mol. The number of rotatable bonds is 5. The number of nitrogens with one attached hydrogen (secondary N) is 2. The van der Waals surface area contributed by atoms with Crippen molar-refractivity contribution in [1.29, 1.82) is 0 Å². The largest absolute Gasteiger partial charge is 0.343 e. The minimum atomic E-state index is -0.284. The summed E-state index contributed by atoms with van der Waals surface area (Å²) in [6.45, 7) is 2.74. The number of hydrogen-bond donors (Lipinski definition) is 2. The highest BCUT2D eigenvalue weighted by molar-refractivity contribution is 5.99. The minimum Gasteiger partial charge on any atom is -0.343 e. The first kappa shape index (κ1) is 19.8. The number of aromatic nitrogens is 3. The number of carbonyl (C=O) groups is 2. The third-order valence-electron chi connectivity index (χ3n) is 5.20. The summed E-state index contributed by atoms with van der Waals surface area (Å²) in [5.74, 6) is 1.30. The predicted octanol–water partition coefficient (Wildman–Crippen LogP) is 3.35. The fourth-order valence-corrected chi connectivity index (χ4v) is 3.69. The zero-order valence-corrected chi connectivity index (χ0v) is 17.0. The van der Waals surface area contributed by atoms with E-state index in [0.717, 1.165) is 48.6 Å². The summed E-state index contributed by atoms with van der Waals surface area (Å²) in [6, 6.07) is 14.8. The number of benzene rings is 2. The van der Waals surface area contributed by atoms with E-state index < -0.39 is 0 Å². The quantitative estimate of drug-likeness (QED) is 0.684. The number of nitrogens with zero attached hydrogens (tertiary/aromatic N) is 3.